The summed E-state index contributed by atoms with van der Waals surface area (Å²) < 4.78 is 23.0. The number of hydrogen-bond donors (Lipinski definition) is 1. The lowest BCUT2D eigenvalue weighted by Crippen LogP contribution is -2.40. The van der Waals surface area contributed by atoms with E-state index in [0.717, 1.165) is 109 Å². The number of aliphatic carboxylic acids is 1. The normalized spacial score (nSPS) is 13.4. The molecule has 0 fully saturated rings. The van der Waals surface area contributed by atoms with Gasteiger partial charge in [0.25, 0.3) is 6.29 Å². The van der Waals surface area contributed by atoms with Crippen molar-refractivity contribution in [3.8, 4) is 0 Å². The molecular formula is C88H152NO8+. The quantitative estimate of drug-likeness (QED) is 0.0211. The average molecular weight is 1350 g/mol. The molecule has 0 aromatic carbocycles. The van der Waals surface area contributed by atoms with Crippen LogP contribution >= 0.6 is 0 Å². The Bertz CT molecular complexity index is 2060. The number of quaternary nitrogens is 1. The number of allylic oxidation sites excluding steroid dienone is 22. The molecule has 0 bridgehead atoms. The van der Waals surface area contributed by atoms with Crippen molar-refractivity contribution in [2.45, 2.75) is 360 Å². The summed E-state index contributed by atoms with van der Waals surface area (Å²) in [5.74, 6) is -2.00. The van der Waals surface area contributed by atoms with Gasteiger partial charge in [-0.3, -0.25) is 9.59 Å². The van der Waals surface area contributed by atoms with Gasteiger partial charge in [0.2, 0.25) is 0 Å². The SMILES string of the molecule is CC/C=C\C/C=C\C/C=C\C/C=C\C/C=C\C/C=C\C/C=C\C/C=C\C/C=C\C/C=C\CCCCCCCCCCCCC(=O)OC(COC(=O)CCCCCCCCCCCCCCCCCCCCC/C=C\CCCCCCCCCC)COC(OCC[N+](C)(C)C)C(=O)O. The molecule has 0 radical (unpaired) electrons. The molecule has 2 atom stereocenters. The molecule has 0 amide bonds. The van der Waals surface area contributed by atoms with Crippen LogP contribution in [0.3, 0.4) is 0 Å². The lowest BCUT2D eigenvalue weighted by molar-refractivity contribution is -0.870. The molecular weight excluding hydrogens is 1200 g/mol. The molecule has 9 heteroatoms. The molecule has 556 valence electrons. The highest BCUT2D eigenvalue weighted by atomic mass is 16.7. The lowest BCUT2D eigenvalue weighted by Gasteiger charge is -2.25. The monoisotopic (exact) mass is 1350 g/mol. The van der Waals surface area contributed by atoms with E-state index in [1.165, 1.54) is 205 Å². The Morgan fingerprint density at radius 2 is 0.588 bits per heavy atom. The zero-order valence-electron chi connectivity index (χ0n) is 63.7. The van der Waals surface area contributed by atoms with Gasteiger partial charge in [-0.05, 0) is 116 Å². The number of hydrogen-bond acceptors (Lipinski definition) is 7. The number of ether oxygens (including phenoxy) is 4. The van der Waals surface area contributed by atoms with E-state index in [-0.39, 0.29) is 32.2 Å². The van der Waals surface area contributed by atoms with Gasteiger partial charge in [-0.15, -0.1) is 0 Å². The van der Waals surface area contributed by atoms with Gasteiger partial charge >= 0.3 is 17.9 Å². The van der Waals surface area contributed by atoms with Crippen molar-refractivity contribution in [1.82, 2.24) is 0 Å². The van der Waals surface area contributed by atoms with Crippen molar-refractivity contribution in [3.05, 3.63) is 134 Å². The van der Waals surface area contributed by atoms with E-state index in [1.807, 2.05) is 21.1 Å². The van der Waals surface area contributed by atoms with Gasteiger partial charge in [0, 0.05) is 12.8 Å². The van der Waals surface area contributed by atoms with Crippen LogP contribution in [0.15, 0.2) is 134 Å². The minimum Gasteiger partial charge on any atom is -0.477 e. The van der Waals surface area contributed by atoms with E-state index in [2.05, 4.69) is 148 Å². The molecule has 2 unspecified atom stereocenters. The number of likely N-dealkylation sites (N-methyl/N-ethyl adjacent to an activating group) is 1. The fraction of sp³-hybridized carbons (Fsp3) is 0.716. The number of carbonyl (C=O) groups is 3. The van der Waals surface area contributed by atoms with Gasteiger partial charge in [0.05, 0.1) is 34.4 Å². The predicted molar refractivity (Wildman–Crippen MR) is 419 cm³/mol. The summed E-state index contributed by atoms with van der Waals surface area (Å²) in [7, 11) is 5.98. The van der Waals surface area contributed by atoms with Crippen molar-refractivity contribution in [3.63, 3.8) is 0 Å². The Labute approximate surface area is 599 Å². The smallest absolute Gasteiger partial charge is 0.361 e. The summed E-state index contributed by atoms with van der Waals surface area (Å²) >= 11 is 0. The molecule has 0 spiro atoms. The zero-order chi connectivity index (χ0) is 70.4. The number of carbonyl (C=O) groups excluding carboxylic acids is 2. The number of carboxylic acid groups (broad SMARTS) is 1. The van der Waals surface area contributed by atoms with Crippen LogP contribution in [0.2, 0.25) is 0 Å². The molecule has 0 rings (SSSR count). The van der Waals surface area contributed by atoms with Gasteiger partial charge in [0.15, 0.2) is 6.10 Å². The topological polar surface area (TPSA) is 108 Å². The Kier molecular flexibility index (Phi) is 73.5. The third-order valence-corrected chi connectivity index (χ3v) is 17.4. The summed E-state index contributed by atoms with van der Waals surface area (Å²) in [5.41, 5.74) is 0. The second-order valence-corrected chi connectivity index (χ2v) is 28.0. The van der Waals surface area contributed by atoms with Gasteiger partial charge in [-0.2, -0.15) is 0 Å². The van der Waals surface area contributed by atoms with E-state index in [0.29, 0.717) is 23.9 Å². The number of rotatable bonds is 74. The highest BCUT2D eigenvalue weighted by Crippen LogP contribution is 2.18. The van der Waals surface area contributed by atoms with E-state index >= 15 is 0 Å². The Morgan fingerprint density at radius 1 is 0.320 bits per heavy atom. The molecule has 0 saturated heterocycles. The van der Waals surface area contributed by atoms with Crippen LogP contribution in [0.25, 0.3) is 0 Å². The van der Waals surface area contributed by atoms with Crippen LogP contribution in [-0.4, -0.2) is 87.4 Å². The fourth-order valence-corrected chi connectivity index (χ4v) is 11.3. The summed E-state index contributed by atoms with van der Waals surface area (Å²) in [6.45, 7) is 4.79. The lowest BCUT2D eigenvalue weighted by atomic mass is 10.0. The third kappa shape index (κ3) is 78.6. The molecule has 0 aliphatic rings. The first-order valence-electron chi connectivity index (χ1n) is 40.3. The van der Waals surface area contributed by atoms with Crippen molar-refractivity contribution in [1.29, 1.82) is 0 Å². The minimum atomic E-state index is -1.52. The van der Waals surface area contributed by atoms with Crippen LogP contribution < -0.4 is 0 Å². The summed E-state index contributed by atoms with van der Waals surface area (Å²) in [6, 6.07) is 0. The van der Waals surface area contributed by atoms with Crippen molar-refractivity contribution >= 4 is 17.9 Å². The summed E-state index contributed by atoms with van der Waals surface area (Å²) in [6.07, 6.45) is 109. The molecule has 0 aliphatic carbocycles. The second-order valence-electron chi connectivity index (χ2n) is 28.0. The largest absolute Gasteiger partial charge is 0.477 e. The maximum absolute atomic E-state index is 13.0. The summed E-state index contributed by atoms with van der Waals surface area (Å²) in [4.78, 5) is 37.7. The van der Waals surface area contributed by atoms with Crippen LogP contribution in [0.1, 0.15) is 348 Å². The Morgan fingerprint density at radius 3 is 0.887 bits per heavy atom. The molecule has 0 heterocycles. The maximum atomic E-state index is 13.0. The van der Waals surface area contributed by atoms with Crippen molar-refractivity contribution in [2.75, 3.05) is 47.5 Å². The van der Waals surface area contributed by atoms with Gasteiger partial charge in [0.1, 0.15) is 13.2 Å². The summed E-state index contributed by atoms with van der Waals surface area (Å²) in [5, 5.41) is 9.78. The highest BCUT2D eigenvalue weighted by molar-refractivity contribution is 5.71. The van der Waals surface area contributed by atoms with Gasteiger partial charge in [-0.25, -0.2) is 4.79 Å². The molecule has 97 heavy (non-hydrogen) atoms. The molecule has 0 aromatic heterocycles. The zero-order valence-corrected chi connectivity index (χ0v) is 63.7. The molecule has 9 nitrogen and oxygen atoms in total. The standard InChI is InChI=1S/C88H151NO8/c1-6-8-10-12-14-16-18-20-22-24-26-28-30-32-34-36-38-39-40-41-42-43-44-45-46-47-49-51-53-55-57-59-61-63-65-67-69-71-73-75-77-79-86(91)97-84(83-96-88(87(92)93)94-81-80-89(3,4)5)82-95-85(90)78-76-74-72-70-68-66-64-62-60-58-56-54-52-50-48-37-35-33-31-29-27-25-23-21-19-17-15-13-11-9-7-2/h8,10,14,16,20,22,25-28,32,34,38-39,41-42,44-45,47,49,53,55,84,88H,6-7,9,11-13,15,17-19,21,23-24,29-31,33,35-37,40,43,46,48,50-52,54,56-83H2,1-5H3/p+1/b10-8-,16-14-,22-20-,27-25-,28-26-,34-32-,39-38-,42-41-,45-44-,49-47-,55-53-. The van der Waals surface area contributed by atoms with Crippen LogP contribution in [0, 0.1) is 0 Å². The van der Waals surface area contributed by atoms with Crippen LogP contribution in [0.5, 0.6) is 0 Å². The van der Waals surface area contributed by atoms with E-state index in [1.54, 1.807) is 0 Å². The van der Waals surface area contributed by atoms with E-state index in [9.17, 15) is 19.5 Å². The van der Waals surface area contributed by atoms with Crippen LogP contribution in [0.4, 0.5) is 0 Å². The highest BCUT2D eigenvalue weighted by Gasteiger charge is 2.25. The van der Waals surface area contributed by atoms with Crippen molar-refractivity contribution < 1.29 is 42.9 Å². The molecule has 0 aromatic rings. The number of nitrogens with zero attached hydrogens (tertiary/aromatic N) is 1. The predicted octanol–water partition coefficient (Wildman–Crippen LogP) is 26.0. The minimum absolute atomic E-state index is 0.183. The number of carboxylic acids is 1. The molecule has 1 N–H and O–H groups in total. The number of unbranched alkanes of at least 4 members (excludes halogenated alkanes) is 37. The Balaban J connectivity index is 4.08. The van der Waals surface area contributed by atoms with E-state index < -0.39 is 24.3 Å². The van der Waals surface area contributed by atoms with Crippen molar-refractivity contribution in [2.24, 2.45) is 0 Å². The first kappa shape index (κ1) is 92.4. The molecule has 0 saturated carbocycles. The first-order chi connectivity index (χ1) is 47.6. The first-order valence-corrected chi connectivity index (χ1v) is 40.3. The maximum Gasteiger partial charge on any atom is 0.361 e. The molecule has 0 aliphatic heterocycles. The van der Waals surface area contributed by atoms with E-state index in [4.69, 9.17) is 18.9 Å². The van der Waals surface area contributed by atoms with Crippen LogP contribution in [-0.2, 0) is 33.3 Å². The average Bonchev–Trinajstić information content (AvgIpc) is 3.27. The fourth-order valence-electron chi connectivity index (χ4n) is 11.3. The van der Waals surface area contributed by atoms with Gasteiger partial charge < -0.3 is 28.5 Å². The third-order valence-electron chi connectivity index (χ3n) is 17.4. The second kappa shape index (κ2) is 77.2. The Hall–Kier alpha value is -4.57. The van der Waals surface area contributed by atoms with Gasteiger partial charge in [-0.1, -0.05) is 353 Å². The number of esters is 2.